The quantitative estimate of drug-likeness (QED) is 0.887. The second-order valence-corrected chi connectivity index (χ2v) is 4.99. The molecule has 0 aliphatic heterocycles. The van der Waals surface area contributed by atoms with E-state index in [9.17, 15) is 9.59 Å². The van der Waals surface area contributed by atoms with E-state index in [0.29, 0.717) is 29.7 Å². The number of ketones is 1. The maximum absolute atomic E-state index is 11.7. The van der Waals surface area contributed by atoms with E-state index in [-0.39, 0.29) is 5.78 Å². The molecule has 0 bridgehead atoms. The number of carbonyl (C=O) groups excluding carboxylic acids is 2. The Morgan fingerprint density at radius 3 is 2.59 bits per heavy atom. The van der Waals surface area contributed by atoms with Gasteiger partial charge >= 0.3 is 0 Å². The van der Waals surface area contributed by atoms with Crippen LogP contribution in [0, 0.1) is 0 Å². The van der Waals surface area contributed by atoms with Crippen LogP contribution in [0.1, 0.15) is 29.4 Å². The summed E-state index contributed by atoms with van der Waals surface area (Å²) >= 11 is 0. The summed E-state index contributed by atoms with van der Waals surface area (Å²) in [5.41, 5.74) is 7.94. The first kappa shape index (κ1) is 15.7. The number of Topliss-reactive ketones (excluding diaryl/α,β-unsaturated/α-hetero) is 1. The molecule has 0 saturated carbocycles. The molecule has 0 saturated heterocycles. The zero-order chi connectivity index (χ0) is 16.1. The topological polar surface area (TPSA) is 82.3 Å². The number of hydrogen-bond donors (Lipinski definition) is 1. The number of primary amides is 1. The Labute approximate surface area is 129 Å². The van der Waals surface area contributed by atoms with Gasteiger partial charge in [-0.05, 0) is 25.5 Å². The highest BCUT2D eigenvalue weighted by atomic mass is 16.5. The molecule has 0 aliphatic carbocycles. The van der Waals surface area contributed by atoms with Gasteiger partial charge in [-0.3, -0.25) is 9.78 Å². The summed E-state index contributed by atoms with van der Waals surface area (Å²) in [5, 5.41) is 0. The molecular formula is C17H18N2O3. The average Bonchev–Trinajstić information content (AvgIpc) is 2.52. The van der Waals surface area contributed by atoms with Gasteiger partial charge in [0.15, 0.2) is 0 Å². The summed E-state index contributed by atoms with van der Waals surface area (Å²) in [6.45, 7) is 1.54. The fourth-order valence-electron chi connectivity index (χ4n) is 2.23. The van der Waals surface area contributed by atoms with E-state index in [2.05, 4.69) is 4.98 Å². The number of aryl methyl sites for hydroxylation is 1. The number of benzene rings is 1. The number of rotatable bonds is 6. The van der Waals surface area contributed by atoms with Crippen molar-refractivity contribution < 1.29 is 14.3 Å². The second-order valence-electron chi connectivity index (χ2n) is 4.99. The van der Waals surface area contributed by atoms with Crippen LogP contribution < -0.4 is 10.5 Å². The van der Waals surface area contributed by atoms with Crippen LogP contribution in [0.2, 0.25) is 0 Å². The molecule has 0 aliphatic rings. The molecule has 5 heteroatoms. The Morgan fingerprint density at radius 2 is 1.95 bits per heavy atom. The molecule has 1 aromatic heterocycles. The SMILES string of the molecule is COc1ccccc1-c1cc(CCC(C)=O)ncc1C(N)=O. The fourth-order valence-corrected chi connectivity index (χ4v) is 2.23. The first-order valence-corrected chi connectivity index (χ1v) is 6.94. The van der Waals surface area contributed by atoms with Gasteiger partial charge < -0.3 is 15.3 Å². The highest BCUT2D eigenvalue weighted by Gasteiger charge is 2.15. The van der Waals surface area contributed by atoms with Gasteiger partial charge in [0.1, 0.15) is 11.5 Å². The second kappa shape index (κ2) is 6.85. The van der Waals surface area contributed by atoms with Gasteiger partial charge in [-0.15, -0.1) is 0 Å². The van der Waals surface area contributed by atoms with Crippen LogP contribution in [0.4, 0.5) is 0 Å². The van der Waals surface area contributed by atoms with Gasteiger partial charge in [-0.25, -0.2) is 0 Å². The lowest BCUT2D eigenvalue weighted by atomic mass is 9.98. The highest BCUT2D eigenvalue weighted by Crippen LogP contribution is 2.32. The first-order chi connectivity index (χ1) is 10.5. The van der Waals surface area contributed by atoms with Crippen LogP contribution in [-0.4, -0.2) is 23.8 Å². The third-order valence-corrected chi connectivity index (χ3v) is 3.36. The summed E-state index contributed by atoms with van der Waals surface area (Å²) < 4.78 is 5.35. The molecule has 1 amide bonds. The van der Waals surface area contributed by atoms with Crippen molar-refractivity contribution in [2.45, 2.75) is 19.8 Å². The van der Waals surface area contributed by atoms with Crippen molar-refractivity contribution in [3.05, 3.63) is 47.8 Å². The third kappa shape index (κ3) is 3.49. The van der Waals surface area contributed by atoms with Gasteiger partial charge in [-0.1, -0.05) is 18.2 Å². The van der Waals surface area contributed by atoms with Crippen molar-refractivity contribution in [2.75, 3.05) is 7.11 Å². The van der Waals surface area contributed by atoms with Gasteiger partial charge in [0, 0.05) is 29.4 Å². The number of hydrogen-bond acceptors (Lipinski definition) is 4. The molecule has 0 fully saturated rings. The number of aromatic nitrogens is 1. The Hall–Kier alpha value is -2.69. The zero-order valence-corrected chi connectivity index (χ0v) is 12.6. The Morgan fingerprint density at radius 1 is 1.23 bits per heavy atom. The number of methoxy groups -OCH3 is 1. The van der Waals surface area contributed by atoms with Crippen molar-refractivity contribution in [1.82, 2.24) is 4.98 Å². The Kier molecular flexibility index (Phi) is 4.88. The number of nitrogens with zero attached hydrogens (tertiary/aromatic N) is 1. The average molecular weight is 298 g/mol. The summed E-state index contributed by atoms with van der Waals surface area (Å²) in [6, 6.07) is 9.18. The largest absolute Gasteiger partial charge is 0.496 e. The van der Waals surface area contributed by atoms with E-state index in [4.69, 9.17) is 10.5 Å². The number of pyridine rings is 1. The number of ether oxygens (including phenoxy) is 1. The van der Waals surface area contributed by atoms with Gasteiger partial charge in [0.05, 0.1) is 12.7 Å². The first-order valence-electron chi connectivity index (χ1n) is 6.94. The van der Waals surface area contributed by atoms with Crippen LogP contribution in [0.5, 0.6) is 5.75 Å². The maximum Gasteiger partial charge on any atom is 0.250 e. The summed E-state index contributed by atoms with van der Waals surface area (Å²) in [4.78, 5) is 27.0. The number of carbonyl (C=O) groups is 2. The Balaban J connectivity index is 2.52. The van der Waals surface area contributed by atoms with E-state index in [1.807, 2.05) is 24.3 Å². The van der Waals surface area contributed by atoms with Crippen molar-refractivity contribution in [2.24, 2.45) is 5.73 Å². The lowest BCUT2D eigenvalue weighted by Gasteiger charge is -2.12. The zero-order valence-electron chi connectivity index (χ0n) is 12.6. The van der Waals surface area contributed by atoms with E-state index >= 15 is 0 Å². The van der Waals surface area contributed by atoms with Crippen LogP contribution in [-0.2, 0) is 11.2 Å². The fraction of sp³-hybridized carbons (Fsp3) is 0.235. The molecule has 1 heterocycles. The van der Waals surface area contributed by atoms with E-state index in [0.717, 1.165) is 11.3 Å². The molecule has 2 rings (SSSR count). The predicted octanol–water partition coefficient (Wildman–Crippen LogP) is 2.38. The van der Waals surface area contributed by atoms with Gasteiger partial charge in [-0.2, -0.15) is 0 Å². The van der Waals surface area contributed by atoms with Crippen LogP contribution in [0.25, 0.3) is 11.1 Å². The molecule has 0 unspecified atom stereocenters. The monoisotopic (exact) mass is 298 g/mol. The van der Waals surface area contributed by atoms with E-state index in [1.54, 1.807) is 20.1 Å². The minimum absolute atomic E-state index is 0.0969. The highest BCUT2D eigenvalue weighted by molar-refractivity contribution is 6.00. The smallest absolute Gasteiger partial charge is 0.250 e. The van der Waals surface area contributed by atoms with Crippen LogP contribution >= 0.6 is 0 Å². The normalized spacial score (nSPS) is 10.3. The predicted molar refractivity (Wildman–Crippen MR) is 83.7 cm³/mol. The molecule has 2 aromatic rings. The summed E-state index contributed by atoms with van der Waals surface area (Å²) in [6.07, 6.45) is 2.39. The van der Waals surface area contributed by atoms with E-state index in [1.165, 1.54) is 6.20 Å². The summed E-state index contributed by atoms with van der Waals surface area (Å²) in [7, 11) is 1.57. The molecule has 0 atom stereocenters. The molecular weight excluding hydrogens is 280 g/mol. The van der Waals surface area contributed by atoms with Crippen molar-refractivity contribution in [3.8, 4) is 16.9 Å². The van der Waals surface area contributed by atoms with E-state index < -0.39 is 5.91 Å². The van der Waals surface area contributed by atoms with Crippen molar-refractivity contribution in [1.29, 1.82) is 0 Å². The number of para-hydroxylation sites is 1. The minimum atomic E-state index is -0.550. The standard InChI is InChI=1S/C17H18N2O3/c1-11(20)7-8-12-9-14(15(10-19-12)17(18)21)13-5-3-4-6-16(13)22-2/h3-6,9-10H,7-8H2,1-2H3,(H2,18,21). The maximum atomic E-state index is 11.7. The number of amides is 1. The van der Waals surface area contributed by atoms with Gasteiger partial charge in [0.25, 0.3) is 5.91 Å². The van der Waals surface area contributed by atoms with Crippen LogP contribution in [0.15, 0.2) is 36.5 Å². The Bertz CT molecular complexity index is 711. The molecule has 1 aromatic carbocycles. The lowest BCUT2D eigenvalue weighted by molar-refractivity contribution is -0.117. The third-order valence-electron chi connectivity index (χ3n) is 3.36. The van der Waals surface area contributed by atoms with Gasteiger partial charge in [0.2, 0.25) is 0 Å². The molecule has 0 spiro atoms. The number of nitrogens with two attached hydrogens (primary N) is 1. The molecule has 2 N–H and O–H groups in total. The minimum Gasteiger partial charge on any atom is -0.496 e. The summed E-state index contributed by atoms with van der Waals surface area (Å²) in [5.74, 6) is 0.194. The van der Waals surface area contributed by atoms with Crippen molar-refractivity contribution in [3.63, 3.8) is 0 Å². The molecule has 5 nitrogen and oxygen atoms in total. The molecule has 22 heavy (non-hydrogen) atoms. The van der Waals surface area contributed by atoms with Crippen molar-refractivity contribution >= 4 is 11.7 Å². The lowest BCUT2D eigenvalue weighted by Crippen LogP contribution is -2.14. The van der Waals surface area contributed by atoms with Crippen LogP contribution in [0.3, 0.4) is 0 Å². The molecule has 114 valence electrons. The molecule has 0 radical (unpaired) electrons.